The third kappa shape index (κ3) is 20.7. The number of imidazole rings is 1. The summed E-state index contributed by atoms with van der Waals surface area (Å²) >= 11 is 0. The second-order valence-corrected chi connectivity index (χ2v) is 16.2. The van der Waals surface area contributed by atoms with Gasteiger partial charge in [0.25, 0.3) is 0 Å². The number of hydrogen-bond donors (Lipinski definition) is 3. The zero-order valence-electron chi connectivity index (χ0n) is 35.0. The second kappa shape index (κ2) is 22.0. The Balaban J connectivity index is 1.91. The number of alkyl halides is 3. The summed E-state index contributed by atoms with van der Waals surface area (Å²) in [5, 5.41) is 4.87. The molecule has 0 saturated carbocycles. The van der Waals surface area contributed by atoms with Gasteiger partial charge >= 0.3 is 30.4 Å². The van der Waals surface area contributed by atoms with Crippen molar-refractivity contribution in [2.75, 3.05) is 13.2 Å². The summed E-state index contributed by atoms with van der Waals surface area (Å²) in [5.74, 6) is -1.76. The van der Waals surface area contributed by atoms with Gasteiger partial charge in [0.2, 0.25) is 11.6 Å². The van der Waals surface area contributed by atoms with Crippen LogP contribution in [0.15, 0.2) is 51.6 Å². The van der Waals surface area contributed by atoms with Crippen molar-refractivity contribution in [1.29, 1.82) is 0 Å². The second-order valence-electron chi connectivity index (χ2n) is 16.2. The summed E-state index contributed by atoms with van der Waals surface area (Å²) in [4.78, 5) is 59.8. The van der Waals surface area contributed by atoms with Gasteiger partial charge in [-0.2, -0.15) is 23.2 Å². The highest BCUT2D eigenvalue weighted by Gasteiger charge is 2.38. The number of guanidine groups is 1. The lowest BCUT2D eigenvalue weighted by atomic mass is 10.1. The molecule has 0 spiro atoms. The first kappa shape index (κ1) is 48.8. The number of hydrogen-bond acceptors (Lipinski definition) is 9. The van der Waals surface area contributed by atoms with Crippen molar-refractivity contribution in [3.8, 4) is 5.75 Å². The molecule has 58 heavy (non-hydrogen) atoms. The van der Waals surface area contributed by atoms with Crippen LogP contribution in [0, 0.1) is 0 Å². The number of carbonyl (C=O) groups is 4. The Morgan fingerprint density at radius 3 is 1.67 bits per heavy atom. The summed E-state index contributed by atoms with van der Waals surface area (Å²) in [6, 6.07) is 6.64. The fourth-order valence-electron chi connectivity index (χ4n) is 4.86. The first-order valence-corrected chi connectivity index (χ1v) is 19.1. The first-order valence-electron chi connectivity index (χ1n) is 19.1. The Morgan fingerprint density at radius 2 is 1.17 bits per heavy atom. The van der Waals surface area contributed by atoms with Crippen molar-refractivity contribution >= 4 is 36.0 Å². The van der Waals surface area contributed by atoms with E-state index < -0.39 is 47.2 Å². The van der Waals surface area contributed by atoms with E-state index in [1.807, 2.05) is 0 Å². The van der Waals surface area contributed by atoms with Gasteiger partial charge in [-0.3, -0.25) is 20.4 Å². The maximum Gasteiger partial charge on any atom is 0.473 e. The molecule has 1 heterocycles. The first-order chi connectivity index (χ1) is 26.8. The molecule has 0 aliphatic carbocycles. The molecule has 2 aromatic rings. The number of amidine groups is 1. The normalized spacial score (nSPS) is 12.8. The number of aromatic nitrogens is 2. The molecule has 0 atom stereocenters. The van der Waals surface area contributed by atoms with Crippen molar-refractivity contribution in [3.63, 3.8) is 0 Å². The molecule has 0 unspecified atom stereocenters. The number of nitrogens with two attached hydrogens (primary N) is 1. The average molecular weight is 825 g/mol. The molecular formula is C39H59F3N8O8. The minimum Gasteiger partial charge on any atom is -0.494 e. The lowest BCUT2D eigenvalue weighted by Gasteiger charge is -2.22. The maximum absolute atomic E-state index is 13.2. The number of nitrogens with one attached hydrogen (secondary N) is 2. The number of rotatable bonds is 15. The topological polar surface area (TPSA) is 202 Å². The van der Waals surface area contributed by atoms with Crippen molar-refractivity contribution in [2.45, 2.75) is 143 Å². The van der Waals surface area contributed by atoms with E-state index in [9.17, 15) is 32.3 Å². The van der Waals surface area contributed by atoms with E-state index in [0.717, 1.165) is 19.3 Å². The van der Waals surface area contributed by atoms with E-state index in [1.165, 1.54) is 9.13 Å². The molecule has 0 radical (unpaired) electrons. The zero-order chi connectivity index (χ0) is 43.7. The number of nitrogens with zero attached hydrogens (tertiary/aromatic N) is 5. The summed E-state index contributed by atoms with van der Waals surface area (Å²) in [7, 11) is 0. The van der Waals surface area contributed by atoms with Crippen LogP contribution >= 0.6 is 0 Å². The molecule has 4 amide bonds. The smallest absolute Gasteiger partial charge is 0.473 e. The Kier molecular flexibility index (Phi) is 18.5. The third-order valence-corrected chi connectivity index (χ3v) is 7.27. The highest BCUT2D eigenvalue weighted by Crippen LogP contribution is 2.17. The molecule has 16 nitrogen and oxygen atoms in total. The molecule has 324 valence electrons. The van der Waals surface area contributed by atoms with Gasteiger partial charge in [-0.1, -0.05) is 19.3 Å². The molecule has 1 aromatic heterocycles. The number of carbonyl (C=O) groups excluding carboxylic acids is 4. The predicted molar refractivity (Wildman–Crippen MR) is 211 cm³/mol. The number of amides is 4. The zero-order valence-corrected chi connectivity index (χ0v) is 35.0. The molecule has 1 aromatic carbocycles. The molecule has 4 N–H and O–H groups in total. The van der Waals surface area contributed by atoms with Gasteiger partial charge in [-0.25, -0.2) is 14.4 Å². The summed E-state index contributed by atoms with van der Waals surface area (Å²) in [5.41, 5.74) is 4.09. The van der Waals surface area contributed by atoms with Crippen LogP contribution < -0.4 is 26.7 Å². The van der Waals surface area contributed by atoms with Gasteiger partial charge < -0.3 is 33.8 Å². The largest absolute Gasteiger partial charge is 0.494 e. The number of ether oxygens (including phenoxy) is 4. The van der Waals surface area contributed by atoms with Crippen LogP contribution in [-0.4, -0.2) is 81.2 Å². The molecule has 2 rings (SSSR count). The van der Waals surface area contributed by atoms with E-state index in [0.29, 0.717) is 56.7 Å². The fourth-order valence-corrected chi connectivity index (χ4v) is 4.86. The van der Waals surface area contributed by atoms with Gasteiger partial charge in [0.1, 0.15) is 28.4 Å². The van der Waals surface area contributed by atoms with Gasteiger partial charge in [0.05, 0.1) is 6.61 Å². The minimum absolute atomic E-state index is 0.00535. The number of aliphatic imine (C=N–C) groups is 2. The highest BCUT2D eigenvalue weighted by atomic mass is 19.4. The van der Waals surface area contributed by atoms with Gasteiger partial charge in [0.15, 0.2) is 0 Å². The number of halogens is 3. The molecule has 0 aliphatic heterocycles. The number of aryl methyl sites for hydroxylation is 2. The number of alkyl carbamates (subject to hydrolysis) is 2. The summed E-state index contributed by atoms with van der Waals surface area (Å²) in [6.45, 7) is 16.6. The van der Waals surface area contributed by atoms with Gasteiger partial charge in [-0.15, -0.1) is 0 Å². The van der Waals surface area contributed by atoms with Crippen molar-refractivity contribution in [2.24, 2.45) is 20.7 Å². The lowest BCUT2D eigenvalue weighted by molar-refractivity contribution is -0.169. The van der Waals surface area contributed by atoms with Crippen LogP contribution in [0.4, 0.5) is 27.6 Å². The van der Waals surface area contributed by atoms with Crippen LogP contribution in [0.2, 0.25) is 0 Å². The average Bonchev–Trinajstić information content (AvgIpc) is 3.43. The Morgan fingerprint density at radius 1 is 0.690 bits per heavy atom. The quantitative estimate of drug-likeness (QED) is 0.0723. The Labute approximate surface area is 337 Å². The molecule has 0 aliphatic rings. The van der Waals surface area contributed by atoms with E-state index in [1.54, 1.807) is 99.0 Å². The van der Waals surface area contributed by atoms with Crippen molar-refractivity contribution in [1.82, 2.24) is 19.8 Å². The molecule has 19 heteroatoms. The van der Waals surface area contributed by atoms with E-state index >= 15 is 0 Å². The van der Waals surface area contributed by atoms with E-state index in [4.69, 9.17) is 24.7 Å². The third-order valence-electron chi connectivity index (χ3n) is 7.27. The van der Waals surface area contributed by atoms with Crippen LogP contribution in [0.25, 0.3) is 0 Å². The van der Waals surface area contributed by atoms with Crippen molar-refractivity contribution < 1.29 is 51.3 Å². The highest BCUT2D eigenvalue weighted by molar-refractivity contribution is 6.03. The summed E-state index contributed by atoms with van der Waals surface area (Å²) < 4.78 is 64.0. The molecular weight excluding hydrogens is 765 g/mol. The van der Waals surface area contributed by atoms with Gasteiger partial charge in [-0.05, 0) is 112 Å². The van der Waals surface area contributed by atoms with Crippen LogP contribution in [-0.2, 0) is 32.1 Å². The van der Waals surface area contributed by atoms with Crippen LogP contribution in [0.5, 0.6) is 5.75 Å². The lowest BCUT2D eigenvalue weighted by Crippen LogP contribution is -2.47. The van der Waals surface area contributed by atoms with E-state index in [-0.39, 0.29) is 24.0 Å². The van der Waals surface area contributed by atoms with E-state index in [2.05, 4.69) is 25.6 Å². The maximum atomic E-state index is 13.2. The molecule has 0 saturated heterocycles. The monoisotopic (exact) mass is 824 g/mol. The predicted octanol–water partition coefficient (Wildman–Crippen LogP) is 7.13. The van der Waals surface area contributed by atoms with Gasteiger partial charge in [0, 0.05) is 37.6 Å². The SMILES string of the molecule is CC(C)(C)OC(=O)/N=C(\N)c1ccc(OCCCCn2ccn(CCCCCCCN=C(NC(=O)OC(C)(C)C)NC(=O)OC(C)(C)C)c2=NC(=O)C(F)(F)F)cc1. The Bertz CT molecular complexity index is 1760. The van der Waals surface area contributed by atoms with Crippen LogP contribution in [0.3, 0.4) is 0 Å². The minimum atomic E-state index is -5.12. The Hall–Kier alpha value is -5.36. The number of unbranched alkanes of at least 4 members (excludes halogenated alkanes) is 5. The standard InChI is InChI=1S/C39H59F3N8O8/c1-36(2,3)56-33(52)45-29(43)27-17-19-28(20-18-27)55-26-16-15-23-50-25-24-49(32(50)46-30(51)39(40,41)42)22-14-12-10-11-13-21-44-31(47-34(53)57-37(4,5)6)48-35(54)58-38(7,8)9/h17-20,24-25H,10-16,21-23,26H2,1-9H3,(H2,43,45,52)(H2,44,47,48,53,54). The fraction of sp³-hybridized carbons (Fsp3) is 0.615. The molecule has 0 bridgehead atoms. The van der Waals surface area contributed by atoms with Crippen LogP contribution in [0.1, 0.15) is 113 Å². The molecule has 0 fully saturated rings. The summed E-state index contributed by atoms with van der Waals surface area (Å²) in [6.07, 6.45) is 0.251. The number of benzene rings is 1. The van der Waals surface area contributed by atoms with Crippen molar-refractivity contribution in [3.05, 3.63) is 47.8 Å².